The smallest absolute Gasteiger partial charge is 0.446 e. The molecule has 0 aromatic rings. The first-order valence-electron chi connectivity index (χ1n) is 6.01. The predicted octanol–water partition coefficient (Wildman–Crippen LogP) is 3.18. The molecule has 0 unspecified atom stereocenters. The van der Waals surface area contributed by atoms with Crippen molar-refractivity contribution in [1.29, 1.82) is 0 Å². The number of carbonyl (C=O) groups is 2. The highest BCUT2D eigenvalue weighted by molar-refractivity contribution is 8.13. The van der Waals surface area contributed by atoms with Crippen LogP contribution in [0.25, 0.3) is 0 Å². The van der Waals surface area contributed by atoms with E-state index in [9.17, 15) is 9.59 Å². The first kappa shape index (κ1) is 18.9. The minimum Gasteiger partial charge on any atom is -0.446 e. The number of thioether (sulfide) groups is 1. The second-order valence-corrected chi connectivity index (χ2v) is 6.03. The van der Waals surface area contributed by atoms with Crippen LogP contribution in [-0.4, -0.2) is 51.8 Å². The molecule has 116 valence electrons. The van der Waals surface area contributed by atoms with Crippen LogP contribution in [0.1, 0.15) is 27.7 Å². The maximum Gasteiger partial charge on any atom is 0.447 e. The fourth-order valence-corrected chi connectivity index (χ4v) is 1.59. The SMILES string of the molecule is CCN(SN(C)C(=O)O/N=C(\C)SC)C(=O)OC(C)C. The van der Waals surface area contributed by atoms with Crippen molar-refractivity contribution in [3.8, 4) is 0 Å². The molecule has 0 aliphatic rings. The van der Waals surface area contributed by atoms with E-state index in [0.29, 0.717) is 11.6 Å². The van der Waals surface area contributed by atoms with E-state index in [0.717, 1.165) is 12.1 Å². The van der Waals surface area contributed by atoms with Crippen molar-refractivity contribution in [1.82, 2.24) is 8.61 Å². The number of hydrogen-bond donors (Lipinski definition) is 0. The summed E-state index contributed by atoms with van der Waals surface area (Å²) in [6.07, 6.45) is 0.435. The van der Waals surface area contributed by atoms with Gasteiger partial charge in [0.1, 0.15) is 5.04 Å². The van der Waals surface area contributed by atoms with Gasteiger partial charge in [-0.3, -0.25) is 4.84 Å². The van der Waals surface area contributed by atoms with Gasteiger partial charge < -0.3 is 4.74 Å². The summed E-state index contributed by atoms with van der Waals surface area (Å²) in [5.74, 6) is 0. The Bertz CT molecular complexity index is 364. The normalized spacial score (nSPS) is 11.2. The van der Waals surface area contributed by atoms with Crippen molar-refractivity contribution in [3.63, 3.8) is 0 Å². The first-order chi connectivity index (χ1) is 9.31. The molecule has 0 heterocycles. The molecular formula is C11H21N3O4S2. The number of ether oxygens (including phenoxy) is 1. The maximum absolute atomic E-state index is 11.7. The van der Waals surface area contributed by atoms with E-state index in [1.54, 1.807) is 27.7 Å². The van der Waals surface area contributed by atoms with Crippen LogP contribution >= 0.6 is 23.9 Å². The zero-order valence-corrected chi connectivity index (χ0v) is 14.2. The standard InChI is InChI=1S/C11H21N3O4S2/c1-7-14(11(16)17-8(2)3)20-13(5)10(15)18-12-9(4)19-6/h8H,7H2,1-6H3/b12-9+. The Morgan fingerprint density at radius 1 is 1.30 bits per heavy atom. The van der Waals surface area contributed by atoms with Gasteiger partial charge in [-0.25, -0.2) is 18.2 Å². The topological polar surface area (TPSA) is 71.4 Å². The fraction of sp³-hybridized carbons (Fsp3) is 0.727. The van der Waals surface area contributed by atoms with Gasteiger partial charge >= 0.3 is 12.2 Å². The number of rotatable bonds is 5. The molecule has 0 aliphatic heterocycles. The minimum absolute atomic E-state index is 0.219. The van der Waals surface area contributed by atoms with Gasteiger partial charge in [0.2, 0.25) is 0 Å². The van der Waals surface area contributed by atoms with Crippen LogP contribution in [0.5, 0.6) is 0 Å². The van der Waals surface area contributed by atoms with Crippen LogP contribution < -0.4 is 0 Å². The van der Waals surface area contributed by atoms with Crippen LogP contribution in [0.2, 0.25) is 0 Å². The van der Waals surface area contributed by atoms with Crippen LogP contribution in [0.4, 0.5) is 9.59 Å². The third-order valence-electron chi connectivity index (χ3n) is 1.85. The Kier molecular flexibility index (Phi) is 9.23. The van der Waals surface area contributed by atoms with Crippen LogP contribution in [0.3, 0.4) is 0 Å². The number of amides is 2. The quantitative estimate of drug-likeness (QED) is 0.254. The Labute approximate surface area is 128 Å². The molecule has 0 saturated carbocycles. The molecule has 9 heteroatoms. The summed E-state index contributed by atoms with van der Waals surface area (Å²) in [4.78, 5) is 28.1. The Morgan fingerprint density at radius 3 is 2.35 bits per heavy atom. The Balaban J connectivity index is 4.43. The predicted molar refractivity (Wildman–Crippen MR) is 82.5 cm³/mol. The van der Waals surface area contributed by atoms with E-state index in [1.807, 2.05) is 6.26 Å². The molecule has 0 atom stereocenters. The molecule has 0 rings (SSSR count). The largest absolute Gasteiger partial charge is 0.447 e. The third-order valence-corrected chi connectivity index (χ3v) is 3.52. The van der Waals surface area contributed by atoms with E-state index < -0.39 is 12.2 Å². The van der Waals surface area contributed by atoms with Gasteiger partial charge in [0, 0.05) is 13.6 Å². The number of hydrogen-bond acceptors (Lipinski definition) is 7. The number of nitrogens with zero attached hydrogens (tertiary/aromatic N) is 3. The summed E-state index contributed by atoms with van der Waals surface area (Å²) in [7, 11) is 1.49. The lowest BCUT2D eigenvalue weighted by Gasteiger charge is -2.23. The molecular weight excluding hydrogens is 302 g/mol. The molecule has 0 bridgehead atoms. The van der Waals surface area contributed by atoms with E-state index in [1.165, 1.54) is 27.4 Å². The zero-order chi connectivity index (χ0) is 15.7. The summed E-state index contributed by atoms with van der Waals surface area (Å²) >= 11 is 2.28. The molecule has 0 aliphatic carbocycles. The molecule has 0 radical (unpaired) electrons. The lowest BCUT2D eigenvalue weighted by Crippen LogP contribution is -2.33. The summed E-state index contributed by atoms with van der Waals surface area (Å²) in [6, 6.07) is 0. The maximum atomic E-state index is 11.7. The van der Waals surface area contributed by atoms with Gasteiger partial charge in [0.05, 0.1) is 18.2 Å². The highest BCUT2D eigenvalue weighted by atomic mass is 32.2. The van der Waals surface area contributed by atoms with Gasteiger partial charge in [0.25, 0.3) is 0 Å². The molecule has 0 fully saturated rings. The Hall–Kier alpha value is -1.09. The van der Waals surface area contributed by atoms with Gasteiger partial charge in [-0.1, -0.05) is 5.16 Å². The van der Waals surface area contributed by atoms with Crippen LogP contribution in [-0.2, 0) is 9.57 Å². The summed E-state index contributed by atoms with van der Waals surface area (Å²) < 4.78 is 7.54. The molecule has 20 heavy (non-hydrogen) atoms. The van der Waals surface area contributed by atoms with Crippen molar-refractivity contribution in [3.05, 3.63) is 0 Å². The fourth-order valence-electron chi connectivity index (χ4n) is 0.860. The third kappa shape index (κ3) is 7.49. The van der Waals surface area contributed by atoms with Gasteiger partial charge in [-0.05, 0) is 34.0 Å². The molecule has 0 spiro atoms. The first-order valence-corrected chi connectivity index (χ1v) is 7.96. The van der Waals surface area contributed by atoms with E-state index >= 15 is 0 Å². The monoisotopic (exact) mass is 323 g/mol. The minimum atomic E-state index is -0.667. The van der Waals surface area contributed by atoms with Crippen molar-refractivity contribution >= 4 is 41.1 Å². The van der Waals surface area contributed by atoms with Crippen molar-refractivity contribution < 1.29 is 19.2 Å². The number of oxime groups is 1. The van der Waals surface area contributed by atoms with Crippen molar-refractivity contribution in [2.45, 2.75) is 33.8 Å². The van der Waals surface area contributed by atoms with E-state index in [-0.39, 0.29) is 6.10 Å². The average Bonchev–Trinajstić information content (AvgIpc) is 2.40. The second-order valence-electron chi connectivity index (χ2n) is 3.88. The molecule has 0 saturated heterocycles. The second kappa shape index (κ2) is 9.76. The van der Waals surface area contributed by atoms with Crippen molar-refractivity contribution in [2.75, 3.05) is 19.8 Å². The summed E-state index contributed by atoms with van der Waals surface area (Å²) in [5.41, 5.74) is 0. The lowest BCUT2D eigenvalue weighted by atomic mass is 10.5. The number of carbonyl (C=O) groups excluding carboxylic acids is 2. The zero-order valence-electron chi connectivity index (χ0n) is 12.6. The lowest BCUT2D eigenvalue weighted by molar-refractivity contribution is 0.0988. The molecule has 0 aromatic heterocycles. The van der Waals surface area contributed by atoms with Crippen molar-refractivity contribution in [2.24, 2.45) is 5.16 Å². The average molecular weight is 323 g/mol. The van der Waals surface area contributed by atoms with Crippen LogP contribution in [0, 0.1) is 0 Å². The molecule has 0 aromatic carbocycles. The van der Waals surface area contributed by atoms with E-state index in [4.69, 9.17) is 9.57 Å². The molecule has 0 N–H and O–H groups in total. The highest BCUT2D eigenvalue weighted by Crippen LogP contribution is 2.17. The summed E-state index contributed by atoms with van der Waals surface area (Å²) in [5, 5.41) is 4.26. The molecule has 2 amide bonds. The van der Waals surface area contributed by atoms with E-state index in [2.05, 4.69) is 5.16 Å². The van der Waals surface area contributed by atoms with Gasteiger partial charge in [-0.15, -0.1) is 11.8 Å². The van der Waals surface area contributed by atoms with Gasteiger partial charge in [0.15, 0.2) is 0 Å². The highest BCUT2D eigenvalue weighted by Gasteiger charge is 2.21. The molecule has 7 nitrogen and oxygen atoms in total. The van der Waals surface area contributed by atoms with Crippen LogP contribution in [0.15, 0.2) is 5.16 Å². The summed E-state index contributed by atoms with van der Waals surface area (Å²) in [6.45, 7) is 7.41. The Morgan fingerprint density at radius 2 is 1.90 bits per heavy atom. The van der Waals surface area contributed by atoms with Gasteiger partial charge in [-0.2, -0.15) is 0 Å².